The van der Waals surface area contributed by atoms with Crippen molar-refractivity contribution in [2.45, 2.75) is 11.3 Å². The van der Waals surface area contributed by atoms with Crippen LogP contribution >= 0.6 is 11.6 Å². The van der Waals surface area contributed by atoms with Crippen LogP contribution in [0.2, 0.25) is 5.02 Å². The summed E-state index contributed by atoms with van der Waals surface area (Å²) in [6.45, 7) is 1.32. The van der Waals surface area contributed by atoms with Gasteiger partial charge in [-0.15, -0.1) is 0 Å². The molecule has 2 rings (SSSR count). The Bertz CT molecular complexity index is 550. The Labute approximate surface area is 111 Å². The minimum atomic E-state index is -3.59. The summed E-state index contributed by atoms with van der Waals surface area (Å²) in [5.74, 6) is -0.437. The number of hydrogen-bond donors (Lipinski definition) is 1. The number of rotatable bonds is 3. The van der Waals surface area contributed by atoms with E-state index >= 15 is 0 Å². The first kappa shape index (κ1) is 13.7. The number of nitrogens with two attached hydrogens (primary N) is 1. The Balaban J connectivity index is 2.28. The average Bonchev–Trinajstić information content (AvgIpc) is 2.81. The molecule has 7 heteroatoms. The summed E-state index contributed by atoms with van der Waals surface area (Å²) in [6.07, 6.45) is 0.755. The van der Waals surface area contributed by atoms with Gasteiger partial charge in [0.2, 0.25) is 10.0 Å². The van der Waals surface area contributed by atoms with Gasteiger partial charge in [0.25, 0.3) is 0 Å². The number of hydrogen-bond acceptors (Lipinski definition) is 3. The molecule has 1 saturated heterocycles. The van der Waals surface area contributed by atoms with Gasteiger partial charge in [0.05, 0.1) is 9.92 Å². The Hall–Kier alpha value is -0.690. The highest BCUT2D eigenvalue weighted by Crippen LogP contribution is 2.26. The molecule has 0 aliphatic carbocycles. The number of nitrogens with zero attached hydrogens (tertiary/aromatic N) is 1. The highest BCUT2D eigenvalue weighted by atomic mass is 35.5. The first-order valence-electron chi connectivity index (χ1n) is 5.60. The predicted molar refractivity (Wildman–Crippen MR) is 67.3 cm³/mol. The van der Waals surface area contributed by atoms with Crippen molar-refractivity contribution >= 4 is 21.6 Å². The maximum atomic E-state index is 13.0. The molecule has 0 amide bonds. The van der Waals surface area contributed by atoms with E-state index in [1.54, 1.807) is 0 Å². The normalized spacial score (nSPS) is 21.4. The zero-order valence-corrected chi connectivity index (χ0v) is 11.2. The van der Waals surface area contributed by atoms with Crippen LogP contribution in [0.1, 0.15) is 6.42 Å². The predicted octanol–water partition coefficient (Wildman–Crippen LogP) is 1.45. The third-order valence-electron chi connectivity index (χ3n) is 3.11. The Kier molecular flexibility index (Phi) is 3.91. The molecule has 1 aliphatic heterocycles. The van der Waals surface area contributed by atoms with E-state index in [9.17, 15) is 12.8 Å². The van der Waals surface area contributed by atoms with Crippen molar-refractivity contribution in [3.05, 3.63) is 29.0 Å². The summed E-state index contributed by atoms with van der Waals surface area (Å²) in [5, 5.41) is -0.189. The van der Waals surface area contributed by atoms with Crippen LogP contribution in [-0.4, -0.2) is 32.4 Å². The molecule has 1 aromatic carbocycles. The molecular formula is C11H14ClFN2O2S. The Morgan fingerprint density at radius 1 is 1.50 bits per heavy atom. The van der Waals surface area contributed by atoms with Crippen LogP contribution in [0.5, 0.6) is 0 Å². The topological polar surface area (TPSA) is 63.4 Å². The van der Waals surface area contributed by atoms with Gasteiger partial charge < -0.3 is 5.73 Å². The van der Waals surface area contributed by atoms with Gasteiger partial charge in [-0.2, -0.15) is 4.31 Å². The van der Waals surface area contributed by atoms with Crippen LogP contribution < -0.4 is 5.73 Å². The van der Waals surface area contributed by atoms with E-state index in [0.29, 0.717) is 19.6 Å². The fourth-order valence-corrected chi connectivity index (χ4v) is 3.80. The third kappa shape index (κ3) is 2.51. The molecule has 1 heterocycles. The zero-order chi connectivity index (χ0) is 13.3. The van der Waals surface area contributed by atoms with Crippen molar-refractivity contribution in [2.75, 3.05) is 19.6 Å². The van der Waals surface area contributed by atoms with Crippen molar-refractivity contribution in [2.24, 2.45) is 11.7 Å². The number of halogens is 2. The molecule has 0 radical (unpaired) electrons. The van der Waals surface area contributed by atoms with Crippen molar-refractivity contribution in [3.63, 3.8) is 0 Å². The van der Waals surface area contributed by atoms with E-state index in [1.807, 2.05) is 0 Å². The second kappa shape index (κ2) is 5.13. The summed E-state index contributed by atoms with van der Waals surface area (Å²) in [4.78, 5) is 0.0200. The van der Waals surface area contributed by atoms with E-state index in [1.165, 1.54) is 10.4 Å². The fourth-order valence-electron chi connectivity index (χ4n) is 1.99. The molecule has 18 heavy (non-hydrogen) atoms. The van der Waals surface area contributed by atoms with Crippen LogP contribution in [0, 0.1) is 11.7 Å². The summed E-state index contributed by atoms with van der Waals surface area (Å²) in [7, 11) is -3.59. The van der Waals surface area contributed by atoms with Crippen LogP contribution in [0.15, 0.2) is 23.1 Å². The van der Waals surface area contributed by atoms with Gasteiger partial charge in [0, 0.05) is 13.1 Å². The van der Waals surface area contributed by atoms with E-state index in [2.05, 4.69) is 0 Å². The highest BCUT2D eigenvalue weighted by Gasteiger charge is 2.32. The van der Waals surface area contributed by atoms with Crippen molar-refractivity contribution in [1.82, 2.24) is 4.31 Å². The molecule has 1 atom stereocenters. The van der Waals surface area contributed by atoms with E-state index in [0.717, 1.165) is 18.6 Å². The molecule has 0 saturated carbocycles. The minimum absolute atomic E-state index is 0.0200. The smallest absolute Gasteiger partial charge is 0.243 e. The average molecular weight is 293 g/mol. The summed E-state index contributed by atoms with van der Waals surface area (Å²) in [5.41, 5.74) is 5.53. The van der Waals surface area contributed by atoms with Crippen molar-refractivity contribution in [3.8, 4) is 0 Å². The molecule has 1 aromatic rings. The Morgan fingerprint density at radius 3 is 2.78 bits per heavy atom. The molecule has 4 nitrogen and oxygen atoms in total. The maximum Gasteiger partial charge on any atom is 0.243 e. The largest absolute Gasteiger partial charge is 0.330 e. The van der Waals surface area contributed by atoms with Crippen LogP contribution in [0.25, 0.3) is 0 Å². The van der Waals surface area contributed by atoms with E-state index in [4.69, 9.17) is 17.3 Å². The maximum absolute atomic E-state index is 13.0. The zero-order valence-electron chi connectivity index (χ0n) is 9.64. The second-order valence-electron chi connectivity index (χ2n) is 4.33. The molecule has 0 spiro atoms. The van der Waals surface area contributed by atoms with Crippen LogP contribution in [-0.2, 0) is 10.0 Å². The summed E-state index contributed by atoms with van der Waals surface area (Å²) >= 11 is 5.60. The lowest BCUT2D eigenvalue weighted by atomic mass is 10.1. The van der Waals surface area contributed by atoms with Gasteiger partial charge in [-0.25, -0.2) is 12.8 Å². The molecule has 0 aromatic heterocycles. The SMILES string of the molecule is NC[C@@H]1CCN(S(=O)(=O)c2ccc(F)c(Cl)c2)C1. The van der Waals surface area contributed by atoms with Gasteiger partial charge in [0.1, 0.15) is 5.82 Å². The standard InChI is InChI=1S/C11H14ClFN2O2S/c12-10-5-9(1-2-11(10)13)18(16,17)15-4-3-8(6-14)7-15/h1-2,5,8H,3-4,6-7,14H2/t8-/m0/s1. The first-order valence-corrected chi connectivity index (χ1v) is 7.42. The first-order chi connectivity index (χ1) is 8.45. The molecule has 1 fully saturated rings. The Morgan fingerprint density at radius 2 is 2.22 bits per heavy atom. The lowest BCUT2D eigenvalue weighted by molar-refractivity contribution is 0.459. The lowest BCUT2D eigenvalue weighted by Gasteiger charge is -2.16. The molecule has 2 N–H and O–H groups in total. The second-order valence-corrected chi connectivity index (χ2v) is 6.67. The van der Waals surface area contributed by atoms with Crippen LogP contribution in [0.3, 0.4) is 0 Å². The van der Waals surface area contributed by atoms with Crippen molar-refractivity contribution < 1.29 is 12.8 Å². The number of sulfonamides is 1. The summed E-state index contributed by atoms with van der Waals surface area (Å²) < 4.78 is 38.9. The van der Waals surface area contributed by atoms with Gasteiger partial charge in [-0.3, -0.25) is 0 Å². The van der Waals surface area contributed by atoms with Crippen molar-refractivity contribution in [1.29, 1.82) is 0 Å². The third-order valence-corrected chi connectivity index (χ3v) is 5.26. The molecule has 1 aliphatic rings. The summed E-state index contributed by atoms with van der Waals surface area (Å²) in [6, 6.07) is 3.43. The fraction of sp³-hybridized carbons (Fsp3) is 0.455. The highest BCUT2D eigenvalue weighted by molar-refractivity contribution is 7.89. The van der Waals surface area contributed by atoms with E-state index in [-0.39, 0.29) is 15.8 Å². The monoisotopic (exact) mass is 292 g/mol. The van der Waals surface area contributed by atoms with Gasteiger partial charge in [-0.1, -0.05) is 11.6 Å². The quantitative estimate of drug-likeness (QED) is 0.917. The van der Waals surface area contributed by atoms with Gasteiger partial charge >= 0.3 is 0 Å². The van der Waals surface area contributed by atoms with E-state index < -0.39 is 15.8 Å². The molecule has 100 valence electrons. The number of benzene rings is 1. The lowest BCUT2D eigenvalue weighted by Crippen LogP contribution is -2.30. The molecule has 0 bridgehead atoms. The molecular weight excluding hydrogens is 279 g/mol. The molecule has 0 unspecified atom stereocenters. The van der Waals surface area contributed by atoms with Crippen LogP contribution in [0.4, 0.5) is 4.39 Å². The van der Waals surface area contributed by atoms with Gasteiger partial charge in [-0.05, 0) is 37.1 Å². The van der Waals surface area contributed by atoms with Gasteiger partial charge in [0.15, 0.2) is 0 Å². The minimum Gasteiger partial charge on any atom is -0.330 e.